The topological polar surface area (TPSA) is 37.3 Å². The molecular formula is C13H12O2. The SMILES string of the molecule is Cc1ccc2cc(C(=O)O)cc(C)c2c1. The van der Waals surface area contributed by atoms with Gasteiger partial charge in [-0.15, -0.1) is 0 Å². The lowest BCUT2D eigenvalue weighted by Gasteiger charge is -2.05. The molecule has 0 aliphatic carbocycles. The number of carboxylic acids is 1. The van der Waals surface area contributed by atoms with E-state index in [1.165, 1.54) is 5.56 Å². The van der Waals surface area contributed by atoms with Crippen LogP contribution in [0, 0.1) is 13.8 Å². The van der Waals surface area contributed by atoms with Gasteiger partial charge in [0, 0.05) is 0 Å². The molecule has 2 heteroatoms. The van der Waals surface area contributed by atoms with Gasteiger partial charge in [-0.1, -0.05) is 23.8 Å². The third-order valence-electron chi connectivity index (χ3n) is 2.56. The van der Waals surface area contributed by atoms with E-state index in [1.54, 1.807) is 12.1 Å². The molecule has 0 bridgehead atoms. The number of aromatic carboxylic acids is 1. The van der Waals surface area contributed by atoms with Gasteiger partial charge >= 0.3 is 5.97 Å². The van der Waals surface area contributed by atoms with Crippen LogP contribution in [0.25, 0.3) is 10.8 Å². The van der Waals surface area contributed by atoms with E-state index in [0.717, 1.165) is 16.3 Å². The fourth-order valence-corrected chi connectivity index (χ4v) is 1.78. The van der Waals surface area contributed by atoms with Crippen LogP contribution in [0.5, 0.6) is 0 Å². The summed E-state index contributed by atoms with van der Waals surface area (Å²) in [4.78, 5) is 10.9. The average molecular weight is 200 g/mol. The zero-order valence-corrected chi connectivity index (χ0v) is 8.74. The highest BCUT2D eigenvalue weighted by Gasteiger charge is 2.06. The van der Waals surface area contributed by atoms with Gasteiger partial charge in [-0.3, -0.25) is 0 Å². The second-order valence-corrected chi connectivity index (χ2v) is 3.82. The molecular weight excluding hydrogens is 188 g/mol. The predicted molar refractivity (Wildman–Crippen MR) is 60.4 cm³/mol. The molecule has 0 spiro atoms. The van der Waals surface area contributed by atoms with Crippen molar-refractivity contribution < 1.29 is 9.90 Å². The fourth-order valence-electron chi connectivity index (χ4n) is 1.78. The lowest BCUT2D eigenvalue weighted by atomic mass is 10.00. The highest BCUT2D eigenvalue weighted by Crippen LogP contribution is 2.21. The van der Waals surface area contributed by atoms with Crippen LogP contribution in [-0.4, -0.2) is 11.1 Å². The second kappa shape index (κ2) is 3.39. The highest BCUT2D eigenvalue weighted by molar-refractivity contribution is 5.96. The minimum Gasteiger partial charge on any atom is -0.478 e. The van der Waals surface area contributed by atoms with Gasteiger partial charge in [-0.05, 0) is 42.3 Å². The summed E-state index contributed by atoms with van der Waals surface area (Å²) in [6.07, 6.45) is 0. The largest absolute Gasteiger partial charge is 0.478 e. The monoisotopic (exact) mass is 200 g/mol. The number of hydrogen-bond acceptors (Lipinski definition) is 1. The Morgan fingerprint density at radius 1 is 1.13 bits per heavy atom. The normalized spacial score (nSPS) is 10.5. The van der Waals surface area contributed by atoms with Crippen LogP contribution in [0.4, 0.5) is 0 Å². The van der Waals surface area contributed by atoms with Gasteiger partial charge in [0.2, 0.25) is 0 Å². The van der Waals surface area contributed by atoms with Gasteiger partial charge in [-0.2, -0.15) is 0 Å². The molecule has 0 saturated heterocycles. The quantitative estimate of drug-likeness (QED) is 0.767. The Kier molecular flexibility index (Phi) is 2.19. The first kappa shape index (κ1) is 9.71. The standard InChI is InChI=1S/C13H12O2/c1-8-3-4-10-7-11(13(14)15)6-9(2)12(10)5-8/h3-7H,1-2H3,(H,14,15). The zero-order valence-electron chi connectivity index (χ0n) is 8.74. The summed E-state index contributed by atoms with van der Waals surface area (Å²) in [6.45, 7) is 3.97. The number of carboxylic acid groups (broad SMARTS) is 1. The summed E-state index contributed by atoms with van der Waals surface area (Å²) in [5, 5.41) is 11.0. The van der Waals surface area contributed by atoms with Crippen LogP contribution in [0.2, 0.25) is 0 Å². The summed E-state index contributed by atoms with van der Waals surface area (Å²) < 4.78 is 0. The molecule has 0 radical (unpaired) electrons. The summed E-state index contributed by atoms with van der Waals surface area (Å²) in [6, 6.07) is 9.46. The molecule has 0 amide bonds. The van der Waals surface area contributed by atoms with Crippen molar-refractivity contribution in [3.8, 4) is 0 Å². The Labute approximate surface area is 88.2 Å². The molecule has 0 atom stereocenters. The number of benzene rings is 2. The molecule has 2 aromatic carbocycles. The maximum atomic E-state index is 10.9. The minimum absolute atomic E-state index is 0.351. The Bertz CT molecular complexity index is 541. The number of aryl methyl sites for hydroxylation is 2. The van der Waals surface area contributed by atoms with Crippen molar-refractivity contribution >= 4 is 16.7 Å². The van der Waals surface area contributed by atoms with Crippen molar-refractivity contribution in [2.45, 2.75) is 13.8 Å². The Balaban J connectivity index is 2.78. The molecule has 15 heavy (non-hydrogen) atoms. The molecule has 2 nitrogen and oxygen atoms in total. The van der Waals surface area contributed by atoms with Crippen molar-refractivity contribution in [1.82, 2.24) is 0 Å². The van der Waals surface area contributed by atoms with Gasteiger partial charge < -0.3 is 5.11 Å². The Morgan fingerprint density at radius 3 is 2.53 bits per heavy atom. The fraction of sp³-hybridized carbons (Fsp3) is 0.154. The highest BCUT2D eigenvalue weighted by atomic mass is 16.4. The molecule has 2 rings (SSSR count). The number of fused-ring (bicyclic) bond motifs is 1. The zero-order chi connectivity index (χ0) is 11.0. The Morgan fingerprint density at radius 2 is 1.87 bits per heavy atom. The van der Waals surface area contributed by atoms with Crippen molar-refractivity contribution in [3.63, 3.8) is 0 Å². The molecule has 0 unspecified atom stereocenters. The van der Waals surface area contributed by atoms with E-state index in [-0.39, 0.29) is 0 Å². The molecule has 0 aromatic heterocycles. The average Bonchev–Trinajstić information content (AvgIpc) is 2.18. The molecule has 1 N–H and O–H groups in total. The van der Waals surface area contributed by atoms with Crippen LogP contribution in [-0.2, 0) is 0 Å². The van der Waals surface area contributed by atoms with Crippen molar-refractivity contribution in [1.29, 1.82) is 0 Å². The van der Waals surface area contributed by atoms with Gasteiger partial charge in [0.05, 0.1) is 5.56 Å². The molecule has 0 aliphatic heterocycles. The minimum atomic E-state index is -0.874. The lowest BCUT2D eigenvalue weighted by Crippen LogP contribution is -1.97. The predicted octanol–water partition coefficient (Wildman–Crippen LogP) is 3.15. The van der Waals surface area contributed by atoms with Crippen molar-refractivity contribution in [2.24, 2.45) is 0 Å². The van der Waals surface area contributed by atoms with Crippen molar-refractivity contribution in [3.05, 3.63) is 47.0 Å². The first-order valence-electron chi connectivity index (χ1n) is 4.82. The first-order valence-corrected chi connectivity index (χ1v) is 4.82. The van der Waals surface area contributed by atoms with Crippen LogP contribution in [0.15, 0.2) is 30.3 Å². The van der Waals surface area contributed by atoms with Crippen LogP contribution in [0.3, 0.4) is 0 Å². The van der Waals surface area contributed by atoms with E-state index in [1.807, 2.05) is 26.0 Å². The van der Waals surface area contributed by atoms with E-state index in [0.29, 0.717) is 5.56 Å². The van der Waals surface area contributed by atoms with E-state index in [9.17, 15) is 4.79 Å². The second-order valence-electron chi connectivity index (χ2n) is 3.82. The maximum Gasteiger partial charge on any atom is 0.335 e. The van der Waals surface area contributed by atoms with Crippen LogP contribution >= 0.6 is 0 Å². The molecule has 0 heterocycles. The first-order chi connectivity index (χ1) is 7.08. The number of carbonyl (C=O) groups is 1. The summed E-state index contributed by atoms with van der Waals surface area (Å²) in [5.41, 5.74) is 2.55. The third-order valence-corrected chi connectivity index (χ3v) is 2.56. The van der Waals surface area contributed by atoms with Crippen LogP contribution in [0.1, 0.15) is 21.5 Å². The number of rotatable bonds is 1. The van der Waals surface area contributed by atoms with E-state index >= 15 is 0 Å². The van der Waals surface area contributed by atoms with Crippen molar-refractivity contribution in [2.75, 3.05) is 0 Å². The van der Waals surface area contributed by atoms with Gasteiger partial charge in [0.1, 0.15) is 0 Å². The van der Waals surface area contributed by atoms with E-state index < -0.39 is 5.97 Å². The van der Waals surface area contributed by atoms with Gasteiger partial charge in [-0.25, -0.2) is 4.79 Å². The molecule has 0 saturated carbocycles. The number of hydrogen-bond donors (Lipinski definition) is 1. The maximum absolute atomic E-state index is 10.9. The third kappa shape index (κ3) is 1.71. The van der Waals surface area contributed by atoms with E-state index in [2.05, 4.69) is 6.07 Å². The smallest absolute Gasteiger partial charge is 0.335 e. The summed E-state index contributed by atoms with van der Waals surface area (Å²) in [7, 11) is 0. The van der Waals surface area contributed by atoms with Gasteiger partial charge in [0.15, 0.2) is 0 Å². The molecule has 0 aliphatic rings. The summed E-state index contributed by atoms with van der Waals surface area (Å²) >= 11 is 0. The van der Waals surface area contributed by atoms with E-state index in [4.69, 9.17) is 5.11 Å². The lowest BCUT2D eigenvalue weighted by molar-refractivity contribution is 0.0697. The molecule has 0 fully saturated rings. The molecule has 76 valence electrons. The Hall–Kier alpha value is -1.83. The van der Waals surface area contributed by atoms with Gasteiger partial charge in [0.25, 0.3) is 0 Å². The van der Waals surface area contributed by atoms with Crippen LogP contribution < -0.4 is 0 Å². The summed E-state index contributed by atoms with van der Waals surface area (Å²) in [5.74, 6) is -0.874. The molecule has 2 aromatic rings.